The predicted molar refractivity (Wildman–Crippen MR) is 144 cm³/mol. The molecular formula is C31H32N2O4. The second-order valence-electron chi connectivity index (χ2n) is 10.2. The van der Waals surface area contributed by atoms with Gasteiger partial charge in [0, 0.05) is 24.5 Å². The first-order chi connectivity index (χ1) is 17.6. The second-order valence-corrected chi connectivity index (χ2v) is 10.2. The van der Waals surface area contributed by atoms with Crippen molar-refractivity contribution >= 4 is 17.4 Å². The number of rotatable bonds is 7. The zero-order chi connectivity index (χ0) is 26.7. The number of aliphatic hydroxyl groups is 1. The lowest BCUT2D eigenvalue weighted by molar-refractivity contribution is -0.140. The Balaban J connectivity index is 1.83. The van der Waals surface area contributed by atoms with Crippen molar-refractivity contribution in [1.29, 1.82) is 0 Å². The number of likely N-dealkylation sites (tertiary alicyclic amines) is 1. The molecule has 6 nitrogen and oxygen atoms in total. The van der Waals surface area contributed by atoms with Crippen LogP contribution in [0, 0.1) is 6.92 Å². The van der Waals surface area contributed by atoms with Gasteiger partial charge in [-0.1, -0.05) is 63.8 Å². The van der Waals surface area contributed by atoms with Crippen LogP contribution in [0.5, 0.6) is 5.75 Å². The summed E-state index contributed by atoms with van der Waals surface area (Å²) in [6, 6.07) is 16.0. The molecule has 1 amide bonds. The van der Waals surface area contributed by atoms with Crippen molar-refractivity contribution in [2.45, 2.75) is 45.7 Å². The number of hydrogen-bond acceptors (Lipinski definition) is 5. The van der Waals surface area contributed by atoms with Crippen molar-refractivity contribution in [3.63, 3.8) is 0 Å². The van der Waals surface area contributed by atoms with Crippen LogP contribution in [0.15, 0.2) is 85.2 Å². The van der Waals surface area contributed by atoms with Crippen molar-refractivity contribution in [2.24, 2.45) is 0 Å². The summed E-state index contributed by atoms with van der Waals surface area (Å²) in [6.45, 7) is 12.4. The molecule has 190 valence electrons. The van der Waals surface area contributed by atoms with E-state index in [2.05, 4.69) is 32.3 Å². The van der Waals surface area contributed by atoms with Gasteiger partial charge in [0.25, 0.3) is 11.7 Å². The highest BCUT2D eigenvalue weighted by Crippen LogP contribution is 2.41. The molecule has 2 heterocycles. The van der Waals surface area contributed by atoms with E-state index >= 15 is 0 Å². The fourth-order valence-corrected chi connectivity index (χ4v) is 4.54. The molecule has 1 unspecified atom stereocenters. The number of benzene rings is 2. The van der Waals surface area contributed by atoms with Crippen molar-refractivity contribution < 1.29 is 19.4 Å². The van der Waals surface area contributed by atoms with Crippen molar-refractivity contribution in [2.75, 3.05) is 6.61 Å². The molecule has 1 aliphatic rings. The summed E-state index contributed by atoms with van der Waals surface area (Å²) in [5.41, 5.74) is 3.89. The van der Waals surface area contributed by atoms with Gasteiger partial charge in [-0.25, -0.2) is 0 Å². The summed E-state index contributed by atoms with van der Waals surface area (Å²) in [5.74, 6) is -0.943. The van der Waals surface area contributed by atoms with Crippen LogP contribution in [-0.2, 0) is 21.5 Å². The molecule has 0 aliphatic carbocycles. The van der Waals surface area contributed by atoms with E-state index in [0.29, 0.717) is 17.9 Å². The van der Waals surface area contributed by atoms with Gasteiger partial charge in [0.1, 0.15) is 18.1 Å². The van der Waals surface area contributed by atoms with E-state index in [0.717, 1.165) is 22.3 Å². The predicted octanol–water partition coefficient (Wildman–Crippen LogP) is 5.87. The van der Waals surface area contributed by atoms with Gasteiger partial charge >= 0.3 is 0 Å². The quantitative estimate of drug-likeness (QED) is 0.191. The van der Waals surface area contributed by atoms with Crippen LogP contribution in [0.4, 0.5) is 0 Å². The number of Topliss-reactive ketones (excluding diaryl/α,β-unsaturated/α-hetero) is 1. The summed E-state index contributed by atoms with van der Waals surface area (Å²) in [6.07, 6.45) is 4.98. The van der Waals surface area contributed by atoms with Crippen LogP contribution >= 0.6 is 0 Å². The Morgan fingerprint density at radius 1 is 1.14 bits per heavy atom. The first-order valence-electron chi connectivity index (χ1n) is 12.2. The average Bonchev–Trinajstić information content (AvgIpc) is 3.12. The Hall–Kier alpha value is -4.19. The number of aryl methyl sites for hydroxylation is 1. The third kappa shape index (κ3) is 5.33. The maximum absolute atomic E-state index is 13.4. The molecular weight excluding hydrogens is 464 g/mol. The van der Waals surface area contributed by atoms with Gasteiger partial charge in [-0.15, -0.1) is 0 Å². The zero-order valence-electron chi connectivity index (χ0n) is 21.7. The van der Waals surface area contributed by atoms with Gasteiger partial charge < -0.3 is 14.7 Å². The normalized spacial score (nSPS) is 17.2. The number of ketones is 1. The zero-order valence-corrected chi connectivity index (χ0v) is 21.7. The first-order valence-corrected chi connectivity index (χ1v) is 12.2. The van der Waals surface area contributed by atoms with Crippen LogP contribution in [0.25, 0.3) is 5.76 Å². The minimum Gasteiger partial charge on any atom is -0.507 e. The standard InChI is InChI=1S/C31H32N2O4/c1-6-16-37-24-13-14-25(20(2)17-24)28(34)26-27(22-9-11-23(12-10-22)31(3,4)5)33(30(36)29(26)35)19-21-8-7-15-32-18-21/h6-15,17-18,27,34H,1,16,19H2,2-5H3. The summed E-state index contributed by atoms with van der Waals surface area (Å²) < 4.78 is 5.60. The van der Waals surface area contributed by atoms with Gasteiger partial charge in [0.05, 0.1) is 11.6 Å². The highest BCUT2D eigenvalue weighted by molar-refractivity contribution is 6.46. The number of amides is 1. The highest BCUT2D eigenvalue weighted by atomic mass is 16.5. The fourth-order valence-electron chi connectivity index (χ4n) is 4.54. The molecule has 1 N–H and O–H groups in total. The van der Waals surface area contributed by atoms with Crippen LogP contribution in [0.1, 0.15) is 54.6 Å². The SMILES string of the molecule is C=CCOc1ccc(C(O)=C2C(=O)C(=O)N(Cc3cccnc3)C2c2ccc(C(C)(C)C)cc2)c(C)c1. The maximum Gasteiger partial charge on any atom is 0.295 e. The third-order valence-corrected chi connectivity index (χ3v) is 6.53. The van der Waals surface area contributed by atoms with E-state index < -0.39 is 17.7 Å². The number of aliphatic hydroxyl groups excluding tert-OH is 1. The molecule has 0 radical (unpaired) electrons. The molecule has 0 saturated carbocycles. The number of pyridine rings is 1. The fraction of sp³-hybridized carbons (Fsp3) is 0.258. The van der Waals surface area contributed by atoms with E-state index in [1.807, 2.05) is 37.3 Å². The molecule has 37 heavy (non-hydrogen) atoms. The number of nitrogens with zero attached hydrogens (tertiary/aromatic N) is 2. The van der Waals surface area contributed by atoms with Gasteiger partial charge in [-0.3, -0.25) is 14.6 Å². The average molecular weight is 497 g/mol. The number of carbonyl (C=O) groups excluding carboxylic acids is 2. The Labute approximate surface area is 217 Å². The number of ether oxygens (including phenoxy) is 1. The molecule has 1 fully saturated rings. The highest BCUT2D eigenvalue weighted by Gasteiger charge is 2.46. The lowest BCUT2D eigenvalue weighted by atomic mass is 9.85. The molecule has 1 aromatic heterocycles. The Bertz CT molecular complexity index is 1350. The lowest BCUT2D eigenvalue weighted by Gasteiger charge is -2.26. The summed E-state index contributed by atoms with van der Waals surface area (Å²) >= 11 is 0. The third-order valence-electron chi connectivity index (χ3n) is 6.53. The summed E-state index contributed by atoms with van der Waals surface area (Å²) in [5, 5.41) is 11.5. The van der Waals surface area contributed by atoms with Gasteiger partial charge in [-0.05, 0) is 58.9 Å². The van der Waals surface area contributed by atoms with Crippen LogP contribution in [0.2, 0.25) is 0 Å². The van der Waals surface area contributed by atoms with E-state index in [-0.39, 0.29) is 23.3 Å². The number of carbonyl (C=O) groups is 2. The minimum absolute atomic E-state index is 0.0530. The monoisotopic (exact) mass is 496 g/mol. The number of aromatic nitrogens is 1. The molecule has 3 aromatic rings. The largest absolute Gasteiger partial charge is 0.507 e. The van der Waals surface area contributed by atoms with Crippen molar-refractivity contribution in [1.82, 2.24) is 9.88 Å². The summed E-state index contributed by atoms with van der Waals surface area (Å²) in [4.78, 5) is 32.3. The Kier molecular flexibility index (Phi) is 7.30. The van der Waals surface area contributed by atoms with Crippen LogP contribution in [-0.4, -0.2) is 33.3 Å². The first kappa shape index (κ1) is 25.9. The van der Waals surface area contributed by atoms with Crippen LogP contribution in [0.3, 0.4) is 0 Å². The molecule has 2 aromatic carbocycles. The molecule has 1 saturated heterocycles. The van der Waals surface area contributed by atoms with Gasteiger partial charge in [-0.2, -0.15) is 0 Å². The summed E-state index contributed by atoms with van der Waals surface area (Å²) in [7, 11) is 0. The van der Waals surface area contributed by atoms with Crippen molar-refractivity contribution in [3.8, 4) is 5.75 Å². The molecule has 1 atom stereocenters. The molecule has 0 spiro atoms. The smallest absolute Gasteiger partial charge is 0.295 e. The molecule has 6 heteroatoms. The lowest BCUT2D eigenvalue weighted by Crippen LogP contribution is -2.29. The van der Waals surface area contributed by atoms with Gasteiger partial charge in [0.15, 0.2) is 0 Å². The van der Waals surface area contributed by atoms with E-state index in [4.69, 9.17) is 4.74 Å². The van der Waals surface area contributed by atoms with E-state index in [9.17, 15) is 14.7 Å². The van der Waals surface area contributed by atoms with E-state index in [1.165, 1.54) is 4.90 Å². The van der Waals surface area contributed by atoms with Crippen molar-refractivity contribution in [3.05, 3.63) is 113 Å². The topological polar surface area (TPSA) is 79.7 Å². The van der Waals surface area contributed by atoms with Gasteiger partial charge in [0.2, 0.25) is 0 Å². The molecule has 1 aliphatic heterocycles. The Morgan fingerprint density at radius 3 is 2.46 bits per heavy atom. The minimum atomic E-state index is -0.745. The van der Waals surface area contributed by atoms with E-state index in [1.54, 1.807) is 42.7 Å². The maximum atomic E-state index is 13.4. The second kappa shape index (κ2) is 10.4. The molecule has 4 rings (SSSR count). The van der Waals surface area contributed by atoms with Crippen LogP contribution < -0.4 is 4.74 Å². The number of hydrogen-bond donors (Lipinski definition) is 1. The molecule has 0 bridgehead atoms. The Morgan fingerprint density at radius 2 is 1.86 bits per heavy atom.